The first-order chi connectivity index (χ1) is 12.5. The van der Waals surface area contributed by atoms with E-state index in [9.17, 15) is 14.3 Å². The van der Waals surface area contributed by atoms with Crippen molar-refractivity contribution in [1.82, 2.24) is 0 Å². The van der Waals surface area contributed by atoms with Crippen LogP contribution in [0.2, 0.25) is 0 Å². The molecule has 0 saturated carbocycles. The van der Waals surface area contributed by atoms with Crippen LogP contribution in [0.1, 0.15) is 38.2 Å². The molecule has 0 aliphatic rings. The highest BCUT2D eigenvalue weighted by molar-refractivity contribution is 5.72. The quantitative estimate of drug-likeness (QED) is 0.646. The first-order valence-electron chi connectivity index (χ1n) is 8.40. The summed E-state index contributed by atoms with van der Waals surface area (Å²) < 4.78 is 24.8. The lowest BCUT2D eigenvalue weighted by molar-refractivity contribution is -0.145. The largest absolute Gasteiger partial charge is 0.479 e. The minimum atomic E-state index is -0.999. The molecule has 0 fully saturated rings. The molecule has 0 heterocycles. The first kappa shape index (κ1) is 19.3. The maximum absolute atomic E-state index is 13.8. The van der Waals surface area contributed by atoms with Crippen molar-refractivity contribution >= 4 is 5.97 Å². The lowest BCUT2D eigenvalue weighted by Crippen LogP contribution is -2.26. The predicted octanol–water partition coefficient (Wildman–Crippen LogP) is 4.90. The van der Waals surface area contributed by atoms with Gasteiger partial charge in [-0.15, -0.1) is 0 Å². The van der Waals surface area contributed by atoms with E-state index in [1.807, 2.05) is 13.0 Å². The molecule has 0 aliphatic carbocycles. The van der Waals surface area contributed by atoms with Crippen molar-refractivity contribution in [2.24, 2.45) is 0 Å². The molecule has 0 aromatic heterocycles. The molecule has 136 valence electrons. The van der Waals surface area contributed by atoms with Gasteiger partial charge in [-0.25, -0.2) is 9.18 Å². The van der Waals surface area contributed by atoms with Crippen molar-refractivity contribution in [3.63, 3.8) is 0 Å². The second kappa shape index (κ2) is 9.42. The molecule has 2 aromatic carbocycles. The van der Waals surface area contributed by atoms with Crippen LogP contribution in [0.5, 0.6) is 17.2 Å². The van der Waals surface area contributed by atoms with E-state index in [1.54, 1.807) is 24.3 Å². The van der Waals surface area contributed by atoms with E-state index in [0.29, 0.717) is 17.9 Å². The topological polar surface area (TPSA) is 79.5 Å². The van der Waals surface area contributed by atoms with Crippen molar-refractivity contribution in [1.29, 1.82) is 5.26 Å². The van der Waals surface area contributed by atoms with Gasteiger partial charge in [0.05, 0.1) is 11.6 Å². The molecule has 2 aromatic rings. The number of hydrogen-bond acceptors (Lipinski definition) is 4. The van der Waals surface area contributed by atoms with Crippen LogP contribution in [0.4, 0.5) is 4.39 Å². The van der Waals surface area contributed by atoms with E-state index in [4.69, 9.17) is 14.7 Å². The van der Waals surface area contributed by atoms with Crippen molar-refractivity contribution in [2.45, 2.75) is 38.7 Å². The predicted molar refractivity (Wildman–Crippen MR) is 93.8 cm³/mol. The molecule has 6 heteroatoms. The Hall–Kier alpha value is -3.07. The summed E-state index contributed by atoms with van der Waals surface area (Å²) in [7, 11) is 0. The van der Waals surface area contributed by atoms with Crippen molar-refractivity contribution in [3.8, 4) is 23.3 Å². The Kier molecular flexibility index (Phi) is 6.98. The van der Waals surface area contributed by atoms with Gasteiger partial charge in [0, 0.05) is 0 Å². The van der Waals surface area contributed by atoms with E-state index in [1.165, 1.54) is 12.1 Å². The second-order valence-electron chi connectivity index (χ2n) is 5.77. The molecule has 26 heavy (non-hydrogen) atoms. The molecular formula is C20H20FNO4. The van der Waals surface area contributed by atoms with Gasteiger partial charge in [-0.05, 0) is 55.3 Å². The van der Waals surface area contributed by atoms with Crippen LogP contribution in [0.3, 0.4) is 0 Å². The number of halogens is 1. The maximum atomic E-state index is 13.8. The molecule has 0 amide bonds. The van der Waals surface area contributed by atoms with Crippen molar-refractivity contribution < 1.29 is 23.8 Å². The number of carboxylic acids is 1. The number of benzene rings is 2. The highest BCUT2D eigenvalue weighted by Gasteiger charge is 2.18. The number of nitriles is 1. The minimum absolute atomic E-state index is 0.000599. The summed E-state index contributed by atoms with van der Waals surface area (Å²) in [5, 5.41) is 18.0. The summed E-state index contributed by atoms with van der Waals surface area (Å²) in [5.41, 5.74) is 0.210. The fourth-order valence-corrected chi connectivity index (χ4v) is 2.34. The third kappa shape index (κ3) is 5.49. The fourth-order valence-electron chi connectivity index (χ4n) is 2.34. The van der Waals surface area contributed by atoms with Gasteiger partial charge in [0.25, 0.3) is 0 Å². The molecule has 0 spiro atoms. The molecule has 0 unspecified atom stereocenters. The Balaban J connectivity index is 2.01. The number of rotatable bonds is 9. The van der Waals surface area contributed by atoms with Crippen LogP contribution in [-0.4, -0.2) is 17.2 Å². The second-order valence-corrected chi connectivity index (χ2v) is 5.77. The monoisotopic (exact) mass is 357 g/mol. The molecular weight excluding hydrogens is 337 g/mol. The SMILES string of the molecule is CCCCC[C@@H](Oc1ccc(Oc2ccc(C#N)cc2F)cc1)C(=O)O. The van der Waals surface area contributed by atoms with Gasteiger partial charge in [0.1, 0.15) is 11.5 Å². The summed E-state index contributed by atoms with van der Waals surface area (Å²) in [6.45, 7) is 2.05. The Morgan fingerprint density at radius 2 is 1.88 bits per heavy atom. The molecule has 2 rings (SSSR count). The number of carbonyl (C=O) groups is 1. The van der Waals surface area contributed by atoms with Crippen LogP contribution in [0.15, 0.2) is 42.5 Å². The summed E-state index contributed by atoms with van der Waals surface area (Å²) >= 11 is 0. The van der Waals surface area contributed by atoms with Gasteiger partial charge in [-0.2, -0.15) is 5.26 Å². The minimum Gasteiger partial charge on any atom is -0.479 e. The summed E-state index contributed by atoms with van der Waals surface area (Å²) in [6.07, 6.45) is 2.29. The maximum Gasteiger partial charge on any atom is 0.344 e. The number of aliphatic carboxylic acids is 1. The standard InChI is InChI=1S/C20H20FNO4/c1-2-3-4-5-19(20(23)24)26-16-9-7-15(8-10-16)25-18-11-6-14(13-22)12-17(18)21/h6-12,19H,2-5H2,1H3,(H,23,24)/t19-/m1/s1. The molecule has 1 atom stereocenters. The van der Waals surface area contributed by atoms with E-state index < -0.39 is 17.9 Å². The van der Waals surface area contributed by atoms with E-state index in [-0.39, 0.29) is 11.3 Å². The zero-order chi connectivity index (χ0) is 18.9. The average molecular weight is 357 g/mol. The zero-order valence-electron chi connectivity index (χ0n) is 14.4. The average Bonchev–Trinajstić information content (AvgIpc) is 2.64. The van der Waals surface area contributed by atoms with Gasteiger partial charge >= 0.3 is 5.97 Å². The van der Waals surface area contributed by atoms with Crippen LogP contribution in [-0.2, 0) is 4.79 Å². The van der Waals surface area contributed by atoms with Gasteiger partial charge in [0.15, 0.2) is 17.7 Å². The third-order valence-electron chi connectivity index (χ3n) is 3.74. The smallest absolute Gasteiger partial charge is 0.344 e. The van der Waals surface area contributed by atoms with Crippen LogP contribution in [0.25, 0.3) is 0 Å². The number of hydrogen-bond donors (Lipinski definition) is 1. The van der Waals surface area contributed by atoms with Crippen LogP contribution >= 0.6 is 0 Å². The molecule has 0 aliphatic heterocycles. The number of ether oxygens (including phenoxy) is 2. The Labute approximate surface area is 151 Å². The number of carboxylic acid groups (broad SMARTS) is 1. The molecule has 0 saturated heterocycles. The zero-order valence-corrected chi connectivity index (χ0v) is 14.4. The Bertz CT molecular complexity index is 783. The lowest BCUT2D eigenvalue weighted by Gasteiger charge is -2.15. The molecule has 5 nitrogen and oxygen atoms in total. The van der Waals surface area contributed by atoms with Gasteiger partial charge < -0.3 is 14.6 Å². The molecule has 0 radical (unpaired) electrons. The molecule has 0 bridgehead atoms. The highest BCUT2D eigenvalue weighted by Crippen LogP contribution is 2.27. The first-order valence-corrected chi connectivity index (χ1v) is 8.40. The summed E-state index contributed by atoms with van der Waals surface area (Å²) in [4.78, 5) is 11.3. The lowest BCUT2D eigenvalue weighted by atomic mass is 10.1. The number of nitrogens with zero attached hydrogens (tertiary/aromatic N) is 1. The van der Waals surface area contributed by atoms with Gasteiger partial charge in [-0.1, -0.05) is 19.8 Å². The highest BCUT2D eigenvalue weighted by atomic mass is 19.1. The number of unbranched alkanes of at least 4 members (excludes halogenated alkanes) is 2. The van der Waals surface area contributed by atoms with E-state index in [2.05, 4.69) is 0 Å². The third-order valence-corrected chi connectivity index (χ3v) is 3.74. The van der Waals surface area contributed by atoms with E-state index in [0.717, 1.165) is 25.3 Å². The van der Waals surface area contributed by atoms with Crippen molar-refractivity contribution in [3.05, 3.63) is 53.8 Å². The Morgan fingerprint density at radius 1 is 1.19 bits per heavy atom. The summed E-state index contributed by atoms with van der Waals surface area (Å²) in [5.74, 6) is -0.853. The van der Waals surface area contributed by atoms with Crippen LogP contribution < -0.4 is 9.47 Å². The van der Waals surface area contributed by atoms with Gasteiger partial charge in [0.2, 0.25) is 0 Å². The van der Waals surface area contributed by atoms with Crippen LogP contribution in [0, 0.1) is 17.1 Å². The molecule has 1 N–H and O–H groups in total. The Morgan fingerprint density at radius 3 is 2.46 bits per heavy atom. The van der Waals surface area contributed by atoms with Crippen molar-refractivity contribution in [2.75, 3.05) is 0 Å². The fraction of sp³-hybridized carbons (Fsp3) is 0.300. The normalized spacial score (nSPS) is 11.4. The van der Waals surface area contributed by atoms with Gasteiger partial charge in [-0.3, -0.25) is 0 Å². The van der Waals surface area contributed by atoms with E-state index >= 15 is 0 Å². The summed E-state index contributed by atoms with van der Waals surface area (Å²) in [6, 6.07) is 12.1.